The molecule has 4 heterocycles. The van der Waals surface area contributed by atoms with Crippen molar-refractivity contribution in [1.29, 1.82) is 0 Å². The Bertz CT molecular complexity index is 1310. The molecular weight excluding hydrogens is 480 g/mol. The number of piperidine rings is 1. The monoisotopic (exact) mass is 514 g/mol. The van der Waals surface area contributed by atoms with Crippen molar-refractivity contribution in [2.75, 3.05) is 49.1 Å². The van der Waals surface area contributed by atoms with Crippen molar-refractivity contribution in [2.45, 2.75) is 38.1 Å². The van der Waals surface area contributed by atoms with Crippen LogP contribution in [0.4, 0.5) is 11.9 Å². The van der Waals surface area contributed by atoms with Crippen molar-refractivity contribution in [2.24, 2.45) is 5.92 Å². The number of phenolic OH excluding ortho intramolecular Hbond substituents is 1. The molecule has 2 saturated heterocycles. The lowest BCUT2D eigenvalue weighted by molar-refractivity contribution is -0.134. The van der Waals surface area contributed by atoms with Crippen molar-refractivity contribution in [3.05, 3.63) is 59.7 Å². The van der Waals surface area contributed by atoms with Gasteiger partial charge in [0.15, 0.2) is 5.82 Å². The quantitative estimate of drug-likeness (QED) is 0.535. The van der Waals surface area contributed by atoms with E-state index in [2.05, 4.69) is 21.9 Å². The first-order valence-electron chi connectivity index (χ1n) is 13.7. The predicted octanol–water partition coefficient (Wildman–Crippen LogP) is 3.18. The van der Waals surface area contributed by atoms with E-state index in [9.17, 15) is 15.0 Å². The fraction of sp³-hybridized carbons (Fsp3) is 0.448. The Morgan fingerprint density at radius 2 is 1.74 bits per heavy atom. The molecule has 9 nitrogen and oxygen atoms in total. The number of aliphatic hydroxyl groups is 1. The Hall–Kier alpha value is -3.72. The number of benzene rings is 2. The van der Waals surface area contributed by atoms with Crippen LogP contribution in [0.1, 0.15) is 42.9 Å². The van der Waals surface area contributed by atoms with E-state index < -0.39 is 0 Å². The van der Waals surface area contributed by atoms with E-state index in [1.54, 1.807) is 18.2 Å². The normalized spacial score (nSPS) is 21.4. The van der Waals surface area contributed by atoms with Crippen molar-refractivity contribution >= 4 is 17.8 Å². The summed E-state index contributed by atoms with van der Waals surface area (Å²) in [6.45, 7) is 3.65. The van der Waals surface area contributed by atoms with Crippen LogP contribution < -0.4 is 9.80 Å². The number of phenols is 1. The Kier molecular flexibility index (Phi) is 6.84. The van der Waals surface area contributed by atoms with Gasteiger partial charge in [0.1, 0.15) is 5.75 Å². The maximum absolute atomic E-state index is 13.2. The highest BCUT2D eigenvalue weighted by atomic mass is 16.3. The number of anilines is 2. The summed E-state index contributed by atoms with van der Waals surface area (Å²) in [5.41, 5.74) is 3.00. The first-order valence-corrected chi connectivity index (χ1v) is 13.7. The number of hydrogen-bond donors (Lipinski definition) is 2. The van der Waals surface area contributed by atoms with Gasteiger partial charge in [-0.15, -0.1) is 0 Å². The van der Waals surface area contributed by atoms with Gasteiger partial charge in [-0.3, -0.25) is 4.79 Å². The topological polar surface area (TPSA) is 106 Å². The highest BCUT2D eigenvalue weighted by Crippen LogP contribution is 2.34. The summed E-state index contributed by atoms with van der Waals surface area (Å²) >= 11 is 0. The van der Waals surface area contributed by atoms with E-state index in [4.69, 9.17) is 15.0 Å². The third-order valence-electron chi connectivity index (χ3n) is 8.03. The number of fused-ring (bicyclic) bond motifs is 1. The number of carbonyl (C=O) groups is 1. The summed E-state index contributed by atoms with van der Waals surface area (Å²) in [7, 11) is 0. The SMILES string of the molecule is O=C(C1CCCN(c2nc(-c3cccc(O)c3)nc(N3CCc4ccccc4[C@@H]3CO)n2)C1)N1CCCC1. The fourth-order valence-electron chi connectivity index (χ4n) is 6.04. The maximum Gasteiger partial charge on any atom is 0.231 e. The van der Waals surface area contributed by atoms with Crippen LogP contribution in [0.25, 0.3) is 11.4 Å². The number of aliphatic hydroxyl groups excluding tert-OH is 1. The lowest BCUT2D eigenvalue weighted by atomic mass is 9.93. The summed E-state index contributed by atoms with van der Waals surface area (Å²) in [5, 5.41) is 20.5. The molecule has 2 N–H and O–H groups in total. The van der Waals surface area contributed by atoms with Gasteiger partial charge >= 0.3 is 0 Å². The van der Waals surface area contributed by atoms with Crippen molar-refractivity contribution in [3.63, 3.8) is 0 Å². The van der Waals surface area contributed by atoms with Crippen LogP contribution in [-0.2, 0) is 11.2 Å². The molecule has 1 aromatic heterocycles. The molecule has 3 aliphatic heterocycles. The van der Waals surface area contributed by atoms with Crippen LogP contribution in [0.3, 0.4) is 0 Å². The number of amides is 1. The zero-order valence-corrected chi connectivity index (χ0v) is 21.5. The van der Waals surface area contributed by atoms with Crippen molar-refractivity contribution < 1.29 is 15.0 Å². The van der Waals surface area contributed by atoms with E-state index in [0.29, 0.717) is 36.4 Å². The molecule has 6 rings (SSSR count). The van der Waals surface area contributed by atoms with Gasteiger partial charge in [0.2, 0.25) is 17.8 Å². The Balaban J connectivity index is 1.37. The van der Waals surface area contributed by atoms with Gasteiger partial charge in [-0.1, -0.05) is 36.4 Å². The number of rotatable bonds is 5. The highest BCUT2D eigenvalue weighted by molar-refractivity contribution is 5.80. The van der Waals surface area contributed by atoms with Gasteiger partial charge < -0.3 is 24.9 Å². The molecular formula is C29H34N6O3. The third-order valence-corrected chi connectivity index (χ3v) is 8.03. The number of nitrogens with zero attached hydrogens (tertiary/aromatic N) is 6. The van der Waals surface area contributed by atoms with Gasteiger partial charge in [0, 0.05) is 38.3 Å². The molecule has 2 fully saturated rings. The van der Waals surface area contributed by atoms with Gasteiger partial charge in [-0.25, -0.2) is 0 Å². The summed E-state index contributed by atoms with van der Waals surface area (Å²) in [6, 6.07) is 14.8. The second kappa shape index (κ2) is 10.6. The van der Waals surface area contributed by atoms with E-state index in [-0.39, 0.29) is 30.2 Å². The Morgan fingerprint density at radius 1 is 0.921 bits per heavy atom. The lowest BCUT2D eigenvalue weighted by Crippen LogP contribution is -2.45. The summed E-state index contributed by atoms with van der Waals surface area (Å²) < 4.78 is 0. The second-order valence-corrected chi connectivity index (χ2v) is 10.5. The Morgan fingerprint density at radius 3 is 2.55 bits per heavy atom. The molecule has 0 bridgehead atoms. The number of likely N-dealkylation sites (tertiary alicyclic amines) is 1. The molecule has 9 heteroatoms. The molecule has 0 spiro atoms. The summed E-state index contributed by atoms with van der Waals surface area (Å²) in [4.78, 5) is 33.9. The van der Waals surface area contributed by atoms with Gasteiger partial charge in [0.25, 0.3) is 0 Å². The highest BCUT2D eigenvalue weighted by Gasteiger charge is 2.33. The molecule has 2 aromatic carbocycles. The minimum absolute atomic E-state index is 0.0599. The molecule has 1 amide bonds. The van der Waals surface area contributed by atoms with Gasteiger partial charge in [-0.05, 0) is 55.4 Å². The molecule has 198 valence electrons. The van der Waals surface area contributed by atoms with E-state index in [1.807, 2.05) is 23.1 Å². The molecule has 0 aliphatic carbocycles. The van der Waals surface area contributed by atoms with Crippen LogP contribution in [0.2, 0.25) is 0 Å². The van der Waals surface area contributed by atoms with Crippen LogP contribution in [-0.4, -0.2) is 75.3 Å². The first-order chi connectivity index (χ1) is 18.6. The van der Waals surface area contributed by atoms with Crippen LogP contribution in [0.5, 0.6) is 5.75 Å². The second-order valence-electron chi connectivity index (χ2n) is 10.5. The molecule has 3 aromatic rings. The van der Waals surface area contributed by atoms with Crippen LogP contribution >= 0.6 is 0 Å². The average Bonchev–Trinajstić information content (AvgIpc) is 3.51. The molecule has 0 radical (unpaired) electrons. The van der Waals surface area contributed by atoms with E-state index in [1.165, 1.54) is 5.56 Å². The Labute approximate surface area is 222 Å². The molecule has 3 aliphatic rings. The minimum atomic E-state index is -0.266. The number of carbonyl (C=O) groups excluding carboxylic acids is 1. The number of hydrogen-bond acceptors (Lipinski definition) is 8. The fourth-order valence-corrected chi connectivity index (χ4v) is 6.04. The standard InChI is InChI=1S/C29H34N6O3/c36-19-25-24-11-2-1-7-20(24)12-16-35(25)29-31-26(21-8-5-10-23(37)17-21)30-28(32-29)34-15-6-9-22(18-34)27(38)33-13-3-4-14-33/h1-2,5,7-8,10-11,17,22,25,36-37H,3-4,6,9,12-16,18-19H2/t22?,25-/m0/s1. The molecule has 1 unspecified atom stereocenters. The zero-order valence-electron chi connectivity index (χ0n) is 21.5. The largest absolute Gasteiger partial charge is 0.508 e. The van der Waals surface area contributed by atoms with E-state index in [0.717, 1.165) is 57.3 Å². The minimum Gasteiger partial charge on any atom is -0.508 e. The smallest absolute Gasteiger partial charge is 0.231 e. The summed E-state index contributed by atoms with van der Waals surface area (Å²) in [6.07, 6.45) is 4.75. The van der Waals surface area contributed by atoms with Gasteiger partial charge in [-0.2, -0.15) is 15.0 Å². The molecule has 0 saturated carbocycles. The van der Waals surface area contributed by atoms with E-state index >= 15 is 0 Å². The average molecular weight is 515 g/mol. The van der Waals surface area contributed by atoms with Crippen molar-refractivity contribution in [3.8, 4) is 17.1 Å². The number of aromatic hydroxyl groups is 1. The predicted molar refractivity (Wildman–Crippen MR) is 145 cm³/mol. The zero-order chi connectivity index (χ0) is 26.1. The third kappa shape index (κ3) is 4.78. The molecule has 2 atom stereocenters. The van der Waals surface area contributed by atoms with Gasteiger partial charge in [0.05, 0.1) is 18.6 Å². The molecule has 38 heavy (non-hydrogen) atoms. The summed E-state index contributed by atoms with van der Waals surface area (Å²) in [5.74, 6) is 1.79. The number of aromatic nitrogens is 3. The maximum atomic E-state index is 13.2. The van der Waals surface area contributed by atoms with Crippen molar-refractivity contribution in [1.82, 2.24) is 19.9 Å². The van der Waals surface area contributed by atoms with Crippen LogP contribution in [0, 0.1) is 5.92 Å². The lowest BCUT2D eigenvalue weighted by Gasteiger charge is -2.37. The van der Waals surface area contributed by atoms with Crippen LogP contribution in [0.15, 0.2) is 48.5 Å². The first kappa shape index (κ1) is 24.6.